The van der Waals surface area contributed by atoms with Crippen molar-refractivity contribution in [2.24, 2.45) is 5.92 Å². The highest BCUT2D eigenvalue weighted by Gasteiger charge is 2.31. The molecule has 1 heterocycles. The summed E-state index contributed by atoms with van der Waals surface area (Å²) in [6.07, 6.45) is 0.939. The van der Waals surface area contributed by atoms with Crippen LogP contribution in [0.4, 0.5) is 0 Å². The molecule has 1 rings (SSSR count). The number of methoxy groups -OCH3 is 1. The van der Waals surface area contributed by atoms with E-state index in [1.807, 2.05) is 4.89 Å². The molecule has 1 aliphatic rings. The van der Waals surface area contributed by atoms with Gasteiger partial charge in [-0.1, -0.05) is 4.89 Å². The predicted molar refractivity (Wildman–Crippen MR) is 55.4 cm³/mol. The molecule has 8 heteroatoms. The Morgan fingerprint density at radius 3 is 2.31 bits per heavy atom. The first kappa shape index (κ1) is 13.4. The number of carbonyl (C=O) groups is 1. The number of piperidine rings is 1. The van der Waals surface area contributed by atoms with Crippen molar-refractivity contribution in [1.82, 2.24) is 9.19 Å². The van der Waals surface area contributed by atoms with E-state index in [4.69, 9.17) is 0 Å². The van der Waals surface area contributed by atoms with Crippen LogP contribution in [0, 0.1) is 5.92 Å². The third-order valence-electron chi connectivity index (χ3n) is 2.52. The molecule has 0 radical (unpaired) electrons. The molecule has 0 aromatic heterocycles. The average molecular weight is 252 g/mol. The van der Waals surface area contributed by atoms with E-state index in [0.717, 1.165) is 0 Å². The van der Waals surface area contributed by atoms with Crippen LogP contribution in [0.5, 0.6) is 0 Å². The third-order valence-corrected chi connectivity index (χ3v) is 3.94. The highest BCUT2D eigenvalue weighted by molar-refractivity contribution is 7.87. The fourth-order valence-corrected chi connectivity index (χ4v) is 2.66. The molecule has 1 aliphatic heterocycles. The van der Waals surface area contributed by atoms with Gasteiger partial charge in [0, 0.05) is 13.1 Å². The number of hydrogen-bond acceptors (Lipinski definition) is 5. The summed E-state index contributed by atoms with van der Waals surface area (Å²) >= 11 is 0. The largest absolute Gasteiger partial charge is 0.469 e. The Hall–Kier alpha value is -0.700. The first-order valence-electron chi connectivity index (χ1n) is 4.89. The van der Waals surface area contributed by atoms with Crippen LogP contribution in [-0.4, -0.2) is 46.0 Å². The van der Waals surface area contributed by atoms with E-state index in [-0.39, 0.29) is 11.9 Å². The average Bonchev–Trinajstić information content (AvgIpc) is 2.28. The van der Waals surface area contributed by atoms with Crippen LogP contribution in [0.1, 0.15) is 12.8 Å². The minimum Gasteiger partial charge on any atom is -0.469 e. The zero-order valence-electron chi connectivity index (χ0n) is 9.30. The minimum absolute atomic E-state index is 0.209. The molecule has 0 spiro atoms. The standard InChI is InChI=1S/C8H16N2O5S/c1-14-8(11)7-3-5-10(6-4-7)16(12,13)9-15-2/h7,9H,3-6H2,1-2H3. The molecule has 0 bridgehead atoms. The Labute approximate surface area is 94.8 Å². The van der Waals surface area contributed by atoms with Gasteiger partial charge in [-0.15, -0.1) is 0 Å². The number of carbonyl (C=O) groups excluding carboxylic acids is 1. The second kappa shape index (κ2) is 5.58. The Morgan fingerprint density at radius 1 is 1.31 bits per heavy atom. The van der Waals surface area contributed by atoms with Gasteiger partial charge in [-0.05, 0) is 12.8 Å². The zero-order valence-corrected chi connectivity index (χ0v) is 10.1. The van der Waals surface area contributed by atoms with Gasteiger partial charge in [0.15, 0.2) is 0 Å². The predicted octanol–water partition coefficient (Wildman–Crippen LogP) is -0.733. The van der Waals surface area contributed by atoms with E-state index in [1.165, 1.54) is 18.5 Å². The first-order chi connectivity index (χ1) is 7.51. The molecule has 1 N–H and O–H groups in total. The summed E-state index contributed by atoms with van der Waals surface area (Å²) in [6.45, 7) is 0.580. The second-order valence-electron chi connectivity index (χ2n) is 3.49. The van der Waals surface area contributed by atoms with Crippen molar-refractivity contribution < 1.29 is 22.8 Å². The van der Waals surface area contributed by atoms with Crippen LogP contribution in [-0.2, 0) is 24.6 Å². The zero-order chi connectivity index (χ0) is 12.2. The molecule has 94 valence electrons. The summed E-state index contributed by atoms with van der Waals surface area (Å²) < 4.78 is 28.9. The number of esters is 1. The summed E-state index contributed by atoms with van der Waals surface area (Å²) in [6, 6.07) is 0. The van der Waals surface area contributed by atoms with Gasteiger partial charge in [0.05, 0.1) is 20.1 Å². The lowest BCUT2D eigenvalue weighted by Gasteiger charge is -2.29. The van der Waals surface area contributed by atoms with Gasteiger partial charge in [0.2, 0.25) is 0 Å². The molecule has 0 unspecified atom stereocenters. The molecule has 0 amide bonds. The molecule has 0 saturated carbocycles. The molecule has 0 aromatic carbocycles. The van der Waals surface area contributed by atoms with Crippen molar-refractivity contribution in [3.8, 4) is 0 Å². The number of rotatable bonds is 4. The molecule has 0 aromatic rings. The first-order valence-corrected chi connectivity index (χ1v) is 6.33. The third kappa shape index (κ3) is 3.14. The summed E-state index contributed by atoms with van der Waals surface area (Å²) in [5.41, 5.74) is 0. The molecular weight excluding hydrogens is 236 g/mol. The molecule has 1 saturated heterocycles. The fourth-order valence-electron chi connectivity index (χ4n) is 1.66. The SMILES string of the molecule is CONS(=O)(=O)N1CCC(C(=O)OC)CC1. The lowest BCUT2D eigenvalue weighted by atomic mass is 9.99. The van der Waals surface area contributed by atoms with Crippen LogP contribution in [0.25, 0.3) is 0 Å². The quantitative estimate of drug-likeness (QED) is 0.526. The lowest BCUT2D eigenvalue weighted by molar-refractivity contribution is -0.146. The van der Waals surface area contributed by atoms with Crippen molar-refractivity contribution in [3.05, 3.63) is 0 Å². The molecule has 1 fully saturated rings. The van der Waals surface area contributed by atoms with Crippen molar-refractivity contribution in [2.75, 3.05) is 27.3 Å². The van der Waals surface area contributed by atoms with Gasteiger partial charge < -0.3 is 4.74 Å². The highest BCUT2D eigenvalue weighted by atomic mass is 32.2. The Bertz CT molecular complexity index is 334. The maximum absolute atomic E-state index is 11.5. The van der Waals surface area contributed by atoms with Crippen LogP contribution in [0.2, 0.25) is 0 Å². The highest BCUT2D eigenvalue weighted by Crippen LogP contribution is 2.19. The summed E-state index contributed by atoms with van der Waals surface area (Å²) in [5.74, 6) is -0.490. The molecule has 16 heavy (non-hydrogen) atoms. The Kier molecular flexibility index (Phi) is 4.66. The number of ether oxygens (including phenoxy) is 1. The minimum atomic E-state index is -3.58. The molecular formula is C8H16N2O5S. The van der Waals surface area contributed by atoms with Gasteiger partial charge in [0.1, 0.15) is 0 Å². The maximum atomic E-state index is 11.5. The Morgan fingerprint density at radius 2 is 1.88 bits per heavy atom. The van der Waals surface area contributed by atoms with Gasteiger partial charge in [-0.2, -0.15) is 12.7 Å². The van der Waals surface area contributed by atoms with Crippen molar-refractivity contribution >= 4 is 16.2 Å². The smallest absolute Gasteiger partial charge is 0.308 e. The van der Waals surface area contributed by atoms with Crippen LogP contribution < -0.4 is 4.89 Å². The maximum Gasteiger partial charge on any atom is 0.308 e. The summed E-state index contributed by atoms with van der Waals surface area (Å²) in [5, 5.41) is 0. The van der Waals surface area contributed by atoms with E-state index in [1.54, 1.807) is 0 Å². The summed E-state index contributed by atoms with van der Waals surface area (Å²) in [7, 11) is -1.01. The monoisotopic (exact) mass is 252 g/mol. The van der Waals surface area contributed by atoms with Crippen molar-refractivity contribution in [2.45, 2.75) is 12.8 Å². The molecule has 7 nitrogen and oxygen atoms in total. The van der Waals surface area contributed by atoms with E-state index < -0.39 is 10.2 Å². The summed E-state index contributed by atoms with van der Waals surface area (Å²) in [4.78, 5) is 17.5. The lowest BCUT2D eigenvalue weighted by Crippen LogP contribution is -2.45. The fraction of sp³-hybridized carbons (Fsp3) is 0.875. The van der Waals surface area contributed by atoms with Crippen LogP contribution in [0.15, 0.2) is 0 Å². The van der Waals surface area contributed by atoms with Gasteiger partial charge in [-0.3, -0.25) is 9.63 Å². The van der Waals surface area contributed by atoms with Gasteiger partial charge in [-0.25, -0.2) is 0 Å². The van der Waals surface area contributed by atoms with E-state index in [2.05, 4.69) is 9.57 Å². The molecule has 0 aliphatic carbocycles. The van der Waals surface area contributed by atoms with Crippen LogP contribution >= 0.6 is 0 Å². The molecule has 0 atom stereocenters. The van der Waals surface area contributed by atoms with Crippen LogP contribution in [0.3, 0.4) is 0 Å². The second-order valence-corrected chi connectivity index (χ2v) is 5.12. The van der Waals surface area contributed by atoms with Gasteiger partial charge >= 0.3 is 16.2 Å². The van der Waals surface area contributed by atoms with E-state index in [0.29, 0.717) is 25.9 Å². The normalized spacial score (nSPS) is 19.6. The van der Waals surface area contributed by atoms with E-state index in [9.17, 15) is 13.2 Å². The van der Waals surface area contributed by atoms with Crippen molar-refractivity contribution in [1.29, 1.82) is 0 Å². The number of nitrogens with zero attached hydrogens (tertiary/aromatic N) is 1. The topological polar surface area (TPSA) is 84.9 Å². The van der Waals surface area contributed by atoms with Gasteiger partial charge in [0.25, 0.3) is 0 Å². The van der Waals surface area contributed by atoms with E-state index >= 15 is 0 Å². The van der Waals surface area contributed by atoms with Crippen molar-refractivity contribution in [3.63, 3.8) is 0 Å². The number of hydrogen-bond donors (Lipinski definition) is 1. The number of nitrogens with one attached hydrogen (secondary N) is 1. The Balaban J connectivity index is 2.52.